The van der Waals surface area contributed by atoms with Gasteiger partial charge in [0.25, 0.3) is 0 Å². The van der Waals surface area contributed by atoms with Crippen LogP contribution in [0.2, 0.25) is 0 Å². The van der Waals surface area contributed by atoms with E-state index in [2.05, 4.69) is 15.1 Å². The number of carbonyl (C=O) groups excluding carboxylic acids is 1. The fourth-order valence-corrected chi connectivity index (χ4v) is 2.55. The maximum absolute atomic E-state index is 13.0. The molecule has 1 heterocycles. The summed E-state index contributed by atoms with van der Waals surface area (Å²) in [6, 6.07) is 4.54. The highest BCUT2D eigenvalue weighted by atomic mass is 19.4. The van der Waals surface area contributed by atoms with Gasteiger partial charge < -0.3 is 15.1 Å². The van der Waals surface area contributed by atoms with Crippen molar-refractivity contribution in [3.63, 3.8) is 0 Å². The minimum atomic E-state index is -4.49. The smallest absolute Gasteiger partial charge is 0.322 e. The molecular formula is C16H23F3N4O. The van der Waals surface area contributed by atoms with Gasteiger partial charge in [-0.1, -0.05) is 12.1 Å². The number of hydrogen-bond donors (Lipinski definition) is 1. The maximum atomic E-state index is 13.0. The molecule has 1 aliphatic heterocycles. The number of rotatable bonds is 4. The van der Waals surface area contributed by atoms with E-state index in [4.69, 9.17) is 0 Å². The highest BCUT2D eigenvalue weighted by Gasteiger charge is 2.34. The first-order valence-electron chi connectivity index (χ1n) is 7.86. The summed E-state index contributed by atoms with van der Waals surface area (Å²) in [6.07, 6.45) is -4.49. The number of benzene rings is 1. The molecule has 1 aliphatic rings. The van der Waals surface area contributed by atoms with Gasteiger partial charge in [0.05, 0.1) is 11.3 Å². The molecule has 1 fully saturated rings. The molecule has 0 spiro atoms. The fourth-order valence-electron chi connectivity index (χ4n) is 2.55. The van der Waals surface area contributed by atoms with Crippen molar-refractivity contribution in [3.05, 3.63) is 29.8 Å². The van der Waals surface area contributed by atoms with E-state index < -0.39 is 17.8 Å². The number of likely N-dealkylation sites (N-methyl/N-ethyl adjacent to an activating group) is 1. The molecule has 24 heavy (non-hydrogen) atoms. The van der Waals surface area contributed by atoms with Crippen molar-refractivity contribution in [2.75, 3.05) is 58.7 Å². The van der Waals surface area contributed by atoms with Crippen LogP contribution < -0.4 is 5.32 Å². The van der Waals surface area contributed by atoms with Gasteiger partial charge in [0.15, 0.2) is 0 Å². The molecule has 0 unspecified atom stereocenters. The topological polar surface area (TPSA) is 38.8 Å². The van der Waals surface area contributed by atoms with E-state index in [9.17, 15) is 18.0 Å². The Hall–Kier alpha value is -1.80. The minimum absolute atomic E-state index is 0.204. The number of amides is 2. The SMILES string of the molecule is CN(C)CCN1CCN(C(=O)Nc2ccccc2C(F)(F)F)CC1. The number of alkyl halides is 3. The summed E-state index contributed by atoms with van der Waals surface area (Å²) in [7, 11) is 4.00. The molecule has 0 saturated carbocycles. The molecule has 0 radical (unpaired) electrons. The first-order valence-corrected chi connectivity index (χ1v) is 7.86. The summed E-state index contributed by atoms with van der Waals surface area (Å²) in [5, 5.41) is 2.39. The number of nitrogens with zero attached hydrogens (tertiary/aromatic N) is 3. The fraction of sp³-hybridized carbons (Fsp3) is 0.562. The Morgan fingerprint density at radius 3 is 2.38 bits per heavy atom. The summed E-state index contributed by atoms with van der Waals surface area (Å²) in [5.41, 5.74) is -1.03. The van der Waals surface area contributed by atoms with E-state index in [1.807, 2.05) is 14.1 Å². The van der Waals surface area contributed by atoms with Crippen LogP contribution in [0.15, 0.2) is 24.3 Å². The zero-order valence-corrected chi connectivity index (χ0v) is 13.9. The van der Waals surface area contributed by atoms with Crippen molar-refractivity contribution in [2.24, 2.45) is 0 Å². The molecule has 5 nitrogen and oxygen atoms in total. The van der Waals surface area contributed by atoms with Gasteiger partial charge in [-0.25, -0.2) is 4.79 Å². The maximum Gasteiger partial charge on any atom is 0.418 e. The average molecular weight is 344 g/mol. The van der Waals surface area contributed by atoms with Gasteiger partial charge in [-0.3, -0.25) is 4.90 Å². The quantitative estimate of drug-likeness (QED) is 0.912. The molecule has 2 amide bonds. The Morgan fingerprint density at radius 2 is 1.79 bits per heavy atom. The van der Waals surface area contributed by atoms with Crippen LogP contribution in [-0.4, -0.2) is 74.1 Å². The monoisotopic (exact) mass is 344 g/mol. The Bertz CT molecular complexity index is 554. The second-order valence-corrected chi connectivity index (χ2v) is 6.11. The van der Waals surface area contributed by atoms with E-state index in [1.54, 1.807) is 4.90 Å². The summed E-state index contributed by atoms with van der Waals surface area (Å²) in [4.78, 5) is 18.1. The van der Waals surface area contributed by atoms with Crippen molar-refractivity contribution in [1.29, 1.82) is 0 Å². The normalized spacial score (nSPS) is 16.5. The largest absolute Gasteiger partial charge is 0.418 e. The number of urea groups is 1. The van der Waals surface area contributed by atoms with Crippen LogP contribution >= 0.6 is 0 Å². The van der Waals surface area contributed by atoms with Gasteiger partial charge in [0, 0.05) is 39.3 Å². The second-order valence-electron chi connectivity index (χ2n) is 6.11. The first kappa shape index (κ1) is 18.5. The highest BCUT2D eigenvalue weighted by molar-refractivity contribution is 5.90. The van der Waals surface area contributed by atoms with Crippen LogP contribution in [-0.2, 0) is 6.18 Å². The summed E-state index contributed by atoms with van der Waals surface area (Å²) in [6.45, 7) is 4.32. The molecule has 1 saturated heterocycles. The van der Waals surface area contributed by atoms with Crippen LogP contribution in [0, 0.1) is 0 Å². The summed E-state index contributed by atoms with van der Waals surface area (Å²) < 4.78 is 38.9. The summed E-state index contributed by atoms with van der Waals surface area (Å²) in [5.74, 6) is 0. The van der Waals surface area contributed by atoms with Gasteiger partial charge in [-0.15, -0.1) is 0 Å². The molecule has 0 atom stereocenters. The van der Waals surface area contributed by atoms with Crippen molar-refractivity contribution in [2.45, 2.75) is 6.18 Å². The number of nitrogens with one attached hydrogen (secondary N) is 1. The predicted molar refractivity (Wildman–Crippen MR) is 87.0 cm³/mol. The van der Waals surface area contributed by atoms with Crippen molar-refractivity contribution < 1.29 is 18.0 Å². The van der Waals surface area contributed by atoms with Gasteiger partial charge in [0.1, 0.15) is 0 Å². The Labute approximate surface area is 140 Å². The van der Waals surface area contributed by atoms with Crippen LogP contribution in [0.1, 0.15) is 5.56 Å². The van der Waals surface area contributed by atoms with E-state index in [0.29, 0.717) is 13.1 Å². The molecule has 1 N–H and O–H groups in total. The number of piperazine rings is 1. The molecule has 134 valence electrons. The van der Waals surface area contributed by atoms with Crippen molar-refractivity contribution >= 4 is 11.7 Å². The van der Waals surface area contributed by atoms with Crippen LogP contribution in [0.4, 0.5) is 23.7 Å². The summed E-state index contributed by atoms with van der Waals surface area (Å²) >= 11 is 0. The molecule has 8 heteroatoms. The van der Waals surface area contributed by atoms with Gasteiger partial charge >= 0.3 is 12.2 Å². The van der Waals surface area contributed by atoms with Crippen LogP contribution in [0.25, 0.3) is 0 Å². The van der Waals surface area contributed by atoms with E-state index in [1.165, 1.54) is 18.2 Å². The zero-order valence-electron chi connectivity index (χ0n) is 13.9. The van der Waals surface area contributed by atoms with E-state index in [-0.39, 0.29) is 5.69 Å². The average Bonchev–Trinajstić information content (AvgIpc) is 2.53. The molecular weight excluding hydrogens is 321 g/mol. The standard InChI is InChI=1S/C16H23F3N4O/c1-21(2)7-8-22-9-11-23(12-10-22)15(24)20-14-6-4-3-5-13(14)16(17,18)19/h3-6H,7-12H2,1-2H3,(H,20,24). The molecule has 1 aromatic carbocycles. The Balaban J connectivity index is 1.91. The molecule has 2 rings (SSSR count). The van der Waals surface area contributed by atoms with Crippen LogP contribution in [0.3, 0.4) is 0 Å². The number of halogens is 3. The predicted octanol–water partition coefficient (Wildman–Crippen LogP) is 2.42. The van der Waals surface area contributed by atoms with Crippen molar-refractivity contribution in [1.82, 2.24) is 14.7 Å². The lowest BCUT2D eigenvalue weighted by atomic mass is 10.1. The molecule has 0 aromatic heterocycles. The lowest BCUT2D eigenvalue weighted by Crippen LogP contribution is -2.51. The minimum Gasteiger partial charge on any atom is -0.322 e. The third-order valence-electron chi connectivity index (χ3n) is 4.00. The second kappa shape index (κ2) is 7.85. The lowest BCUT2D eigenvalue weighted by molar-refractivity contribution is -0.136. The molecule has 0 bridgehead atoms. The number of para-hydroxylation sites is 1. The van der Waals surface area contributed by atoms with Crippen molar-refractivity contribution in [3.8, 4) is 0 Å². The molecule has 0 aliphatic carbocycles. The Morgan fingerprint density at radius 1 is 1.17 bits per heavy atom. The van der Waals surface area contributed by atoms with Gasteiger partial charge in [0.2, 0.25) is 0 Å². The lowest BCUT2D eigenvalue weighted by Gasteiger charge is -2.35. The first-order chi connectivity index (χ1) is 11.3. The van der Waals surface area contributed by atoms with E-state index >= 15 is 0 Å². The number of hydrogen-bond acceptors (Lipinski definition) is 3. The van der Waals surface area contributed by atoms with Crippen LogP contribution in [0.5, 0.6) is 0 Å². The zero-order chi connectivity index (χ0) is 17.7. The third-order valence-corrected chi connectivity index (χ3v) is 4.00. The van der Waals surface area contributed by atoms with Gasteiger partial charge in [-0.2, -0.15) is 13.2 Å². The highest BCUT2D eigenvalue weighted by Crippen LogP contribution is 2.34. The van der Waals surface area contributed by atoms with E-state index in [0.717, 1.165) is 32.2 Å². The third kappa shape index (κ3) is 5.10. The number of carbonyl (C=O) groups is 1. The number of anilines is 1. The Kier molecular flexibility index (Phi) is 6.06. The molecule has 1 aromatic rings. The van der Waals surface area contributed by atoms with Gasteiger partial charge in [-0.05, 0) is 26.2 Å².